The Hall–Kier alpha value is -3.20. The topological polar surface area (TPSA) is 85.2 Å². The van der Waals surface area contributed by atoms with Crippen LogP contribution < -0.4 is 5.73 Å². The number of anilines is 1. The highest BCUT2D eigenvalue weighted by atomic mass is 19.1. The molecule has 0 saturated carbocycles. The van der Waals surface area contributed by atoms with Crippen LogP contribution in [0.15, 0.2) is 30.3 Å². The van der Waals surface area contributed by atoms with Crippen molar-refractivity contribution in [1.82, 2.24) is 29.5 Å². The second-order valence-corrected chi connectivity index (χ2v) is 6.57. The molecule has 0 radical (unpaired) electrons. The van der Waals surface area contributed by atoms with Crippen LogP contribution in [-0.4, -0.2) is 36.0 Å². The Labute approximate surface area is 152 Å². The van der Waals surface area contributed by atoms with Gasteiger partial charge < -0.3 is 5.73 Å². The summed E-state index contributed by atoms with van der Waals surface area (Å²) in [4.78, 5) is 14.7. The van der Waals surface area contributed by atoms with Crippen molar-refractivity contribution in [1.29, 1.82) is 0 Å². The molecule has 0 atom stereocenters. The minimum absolute atomic E-state index is 0.0922. The first-order valence-corrected chi connectivity index (χ1v) is 8.54. The van der Waals surface area contributed by atoms with Crippen molar-refractivity contribution < 1.29 is 8.78 Å². The van der Waals surface area contributed by atoms with Gasteiger partial charge >= 0.3 is 0 Å². The predicted molar refractivity (Wildman–Crippen MR) is 94.7 cm³/mol. The second-order valence-electron chi connectivity index (χ2n) is 6.57. The van der Waals surface area contributed by atoms with E-state index in [4.69, 9.17) is 5.73 Å². The summed E-state index contributed by atoms with van der Waals surface area (Å²) in [5.41, 5.74) is 8.40. The smallest absolute Gasteiger partial charge is 0.223 e. The molecule has 0 saturated heterocycles. The maximum Gasteiger partial charge on any atom is 0.223 e. The van der Waals surface area contributed by atoms with Gasteiger partial charge in [0, 0.05) is 31.4 Å². The number of benzene rings is 1. The first-order valence-electron chi connectivity index (χ1n) is 8.54. The summed E-state index contributed by atoms with van der Waals surface area (Å²) in [6.07, 6.45) is 0.578. The quantitative estimate of drug-likeness (QED) is 0.558. The van der Waals surface area contributed by atoms with E-state index in [1.807, 2.05) is 0 Å². The van der Waals surface area contributed by atoms with Gasteiger partial charge in [-0.05, 0) is 23.8 Å². The summed E-state index contributed by atoms with van der Waals surface area (Å²) < 4.78 is 28.7. The summed E-state index contributed by atoms with van der Waals surface area (Å²) >= 11 is 0. The summed E-state index contributed by atoms with van der Waals surface area (Å²) in [6.45, 7) is 2.00. The normalized spacial score (nSPS) is 14.3. The number of fused-ring (bicyclic) bond motifs is 4. The molecule has 136 valence electrons. The lowest BCUT2D eigenvalue weighted by Gasteiger charge is -2.12. The zero-order valence-electron chi connectivity index (χ0n) is 14.2. The molecule has 2 N–H and O–H groups in total. The molecule has 4 aromatic rings. The zero-order valence-corrected chi connectivity index (χ0v) is 14.2. The average molecular weight is 367 g/mol. The lowest BCUT2D eigenvalue weighted by atomic mass is 10.2. The number of pyridine rings is 1. The molecule has 9 heteroatoms. The molecule has 1 aliphatic rings. The van der Waals surface area contributed by atoms with Crippen LogP contribution in [0.4, 0.5) is 14.7 Å². The summed E-state index contributed by atoms with van der Waals surface area (Å²) in [5, 5.41) is 4.98. The molecular formula is C18H15F2N7. The summed E-state index contributed by atoms with van der Waals surface area (Å²) in [6, 6.07) is 7.85. The fourth-order valence-electron chi connectivity index (χ4n) is 3.48. The average Bonchev–Trinajstić information content (AvgIpc) is 3.25. The third kappa shape index (κ3) is 2.67. The van der Waals surface area contributed by atoms with Crippen LogP contribution in [0.3, 0.4) is 0 Å². The Bertz CT molecular complexity index is 1190. The van der Waals surface area contributed by atoms with Gasteiger partial charge in [0.1, 0.15) is 11.3 Å². The van der Waals surface area contributed by atoms with Crippen LogP contribution in [-0.2, 0) is 19.5 Å². The van der Waals surface area contributed by atoms with Gasteiger partial charge in [0.2, 0.25) is 11.9 Å². The molecule has 0 amide bonds. The van der Waals surface area contributed by atoms with Gasteiger partial charge in [0.15, 0.2) is 11.5 Å². The highest BCUT2D eigenvalue weighted by Gasteiger charge is 2.21. The van der Waals surface area contributed by atoms with Crippen LogP contribution in [0.1, 0.15) is 17.1 Å². The number of para-hydroxylation sites is 1. The fourth-order valence-corrected chi connectivity index (χ4v) is 3.48. The van der Waals surface area contributed by atoms with Crippen LogP contribution in [0.2, 0.25) is 0 Å². The Kier molecular flexibility index (Phi) is 3.51. The number of nitrogen functional groups attached to an aromatic ring is 1. The van der Waals surface area contributed by atoms with Gasteiger partial charge in [-0.1, -0.05) is 12.1 Å². The molecule has 0 bridgehead atoms. The first-order chi connectivity index (χ1) is 13.1. The number of nitrogens with two attached hydrogens (primary N) is 1. The van der Waals surface area contributed by atoms with Gasteiger partial charge in [-0.25, -0.2) is 19.3 Å². The van der Waals surface area contributed by atoms with E-state index < -0.39 is 11.8 Å². The minimum atomic E-state index is -0.459. The molecule has 0 aliphatic carbocycles. The molecule has 3 aromatic heterocycles. The number of halogens is 2. The molecular weight excluding hydrogens is 352 g/mol. The van der Waals surface area contributed by atoms with Crippen LogP contribution >= 0.6 is 0 Å². The Balaban J connectivity index is 1.41. The van der Waals surface area contributed by atoms with Crippen molar-refractivity contribution in [3.8, 4) is 0 Å². The number of nitrogens with zero attached hydrogens (tertiary/aromatic N) is 6. The van der Waals surface area contributed by atoms with Crippen LogP contribution in [0.25, 0.3) is 16.6 Å². The monoisotopic (exact) mass is 367 g/mol. The number of hydrogen-bond donors (Lipinski definition) is 1. The minimum Gasteiger partial charge on any atom is -0.368 e. The predicted octanol–water partition coefficient (Wildman–Crippen LogP) is 2.09. The van der Waals surface area contributed by atoms with Gasteiger partial charge in [0.25, 0.3) is 0 Å². The van der Waals surface area contributed by atoms with Gasteiger partial charge in [-0.2, -0.15) is 8.91 Å². The molecule has 4 heterocycles. The number of aromatic nitrogens is 5. The van der Waals surface area contributed by atoms with Crippen molar-refractivity contribution in [3.63, 3.8) is 0 Å². The Morgan fingerprint density at radius 1 is 1.04 bits per heavy atom. The van der Waals surface area contributed by atoms with E-state index in [1.54, 1.807) is 18.2 Å². The summed E-state index contributed by atoms with van der Waals surface area (Å²) in [5.74, 6) is -0.217. The summed E-state index contributed by atoms with van der Waals surface area (Å²) in [7, 11) is 0. The van der Waals surface area contributed by atoms with E-state index in [-0.39, 0.29) is 11.5 Å². The van der Waals surface area contributed by atoms with Gasteiger partial charge in [-0.15, -0.1) is 5.10 Å². The third-order valence-corrected chi connectivity index (χ3v) is 4.78. The van der Waals surface area contributed by atoms with E-state index in [2.05, 4.69) is 25.0 Å². The lowest BCUT2D eigenvalue weighted by Crippen LogP contribution is -2.20. The van der Waals surface area contributed by atoms with E-state index in [1.165, 1.54) is 16.6 Å². The van der Waals surface area contributed by atoms with E-state index in [9.17, 15) is 8.78 Å². The molecule has 27 heavy (non-hydrogen) atoms. The van der Waals surface area contributed by atoms with Gasteiger partial charge in [-0.3, -0.25) is 4.90 Å². The van der Waals surface area contributed by atoms with Crippen molar-refractivity contribution >= 4 is 22.5 Å². The maximum absolute atomic E-state index is 14.0. The Morgan fingerprint density at radius 2 is 1.93 bits per heavy atom. The van der Waals surface area contributed by atoms with Crippen molar-refractivity contribution in [3.05, 3.63) is 59.2 Å². The maximum atomic E-state index is 14.0. The molecule has 1 aliphatic heterocycles. The Morgan fingerprint density at radius 3 is 2.81 bits per heavy atom. The molecule has 7 nitrogen and oxygen atoms in total. The number of hydrogen-bond acceptors (Lipinski definition) is 6. The molecule has 0 fully saturated rings. The van der Waals surface area contributed by atoms with Gasteiger partial charge in [0.05, 0.1) is 5.69 Å². The lowest BCUT2D eigenvalue weighted by molar-refractivity contribution is 0.284. The van der Waals surface area contributed by atoms with E-state index in [0.29, 0.717) is 42.9 Å². The van der Waals surface area contributed by atoms with E-state index in [0.717, 1.165) is 11.3 Å². The zero-order chi connectivity index (χ0) is 18.5. The van der Waals surface area contributed by atoms with Crippen LogP contribution in [0.5, 0.6) is 0 Å². The SMILES string of the molecule is Nc1nc2c(F)cccc2c2nc(CCN3Cc4ccc(F)nc4C3)nn12. The van der Waals surface area contributed by atoms with Crippen molar-refractivity contribution in [2.75, 3.05) is 12.3 Å². The fraction of sp³-hybridized carbons (Fsp3) is 0.222. The first kappa shape index (κ1) is 16.0. The van der Waals surface area contributed by atoms with Crippen molar-refractivity contribution in [2.45, 2.75) is 19.5 Å². The molecule has 5 rings (SSSR count). The highest BCUT2D eigenvalue weighted by Crippen LogP contribution is 2.23. The molecule has 0 unspecified atom stereocenters. The largest absolute Gasteiger partial charge is 0.368 e. The highest BCUT2D eigenvalue weighted by molar-refractivity contribution is 5.92. The third-order valence-electron chi connectivity index (χ3n) is 4.78. The standard InChI is InChI=1S/C18H15F2N7/c19-12-3-1-2-11-16(12)24-18(21)27-17(11)23-15(25-27)6-7-26-8-10-4-5-14(20)22-13(10)9-26/h1-5H,6-9H2,(H2,21,24). The van der Waals surface area contributed by atoms with E-state index >= 15 is 0 Å². The second kappa shape index (κ2) is 5.92. The molecule has 1 aromatic carbocycles. The van der Waals surface area contributed by atoms with Crippen molar-refractivity contribution in [2.24, 2.45) is 0 Å². The number of rotatable bonds is 3. The van der Waals surface area contributed by atoms with Crippen LogP contribution in [0, 0.1) is 11.8 Å². The molecule has 0 spiro atoms.